The molecular weight excluding hydrogens is 178 g/mol. The first-order chi connectivity index (χ1) is 6.72. The smallest absolute Gasteiger partial charge is 0.0618 e. The highest BCUT2D eigenvalue weighted by Gasteiger charge is 2.49. The van der Waals surface area contributed by atoms with E-state index in [1.165, 1.54) is 5.57 Å². The molecule has 14 heavy (non-hydrogen) atoms. The van der Waals surface area contributed by atoms with E-state index in [-0.39, 0.29) is 12.1 Å². The zero-order chi connectivity index (χ0) is 10.2. The first-order valence-corrected chi connectivity index (χ1v) is 5.25. The van der Waals surface area contributed by atoms with E-state index in [0.717, 1.165) is 32.4 Å². The maximum absolute atomic E-state index is 9.51. The molecule has 1 N–H and O–H groups in total. The Labute approximate surface area is 85.4 Å². The minimum absolute atomic E-state index is 0.000278. The molecule has 3 heteroatoms. The van der Waals surface area contributed by atoms with Crippen molar-refractivity contribution in [2.24, 2.45) is 0 Å². The summed E-state index contributed by atoms with van der Waals surface area (Å²) in [7, 11) is 1.74. The van der Waals surface area contributed by atoms with Gasteiger partial charge in [-0.3, -0.25) is 4.90 Å². The van der Waals surface area contributed by atoms with Crippen LogP contribution in [-0.4, -0.2) is 48.5 Å². The topological polar surface area (TPSA) is 32.7 Å². The van der Waals surface area contributed by atoms with Gasteiger partial charge in [0.05, 0.1) is 13.2 Å². The van der Waals surface area contributed by atoms with E-state index >= 15 is 0 Å². The lowest BCUT2D eigenvalue weighted by Crippen LogP contribution is -2.46. The summed E-state index contributed by atoms with van der Waals surface area (Å²) in [5.74, 6) is 0. The molecule has 0 aromatic carbocycles. The van der Waals surface area contributed by atoms with Crippen LogP contribution < -0.4 is 0 Å². The number of nitrogens with zero attached hydrogens (tertiary/aromatic N) is 1. The Morgan fingerprint density at radius 3 is 3.14 bits per heavy atom. The molecule has 0 aromatic rings. The Morgan fingerprint density at radius 2 is 2.50 bits per heavy atom. The second-order valence-electron chi connectivity index (χ2n) is 4.58. The van der Waals surface area contributed by atoms with Crippen molar-refractivity contribution in [3.05, 3.63) is 12.2 Å². The lowest BCUT2D eigenvalue weighted by Gasteiger charge is -2.32. The van der Waals surface area contributed by atoms with Gasteiger partial charge in [0.1, 0.15) is 0 Å². The van der Waals surface area contributed by atoms with E-state index in [1.807, 2.05) is 0 Å². The lowest BCUT2D eigenvalue weighted by atomic mass is 9.94. The zero-order valence-corrected chi connectivity index (χ0v) is 8.83. The van der Waals surface area contributed by atoms with E-state index < -0.39 is 0 Å². The summed E-state index contributed by atoms with van der Waals surface area (Å²) in [6.45, 7) is 6.00. The van der Waals surface area contributed by atoms with Crippen molar-refractivity contribution >= 4 is 0 Å². The van der Waals surface area contributed by atoms with Crippen LogP contribution >= 0.6 is 0 Å². The van der Waals surface area contributed by atoms with E-state index in [9.17, 15) is 5.11 Å². The molecular formula is C11H19NO2. The number of aliphatic hydroxyl groups is 1. The summed E-state index contributed by atoms with van der Waals surface area (Å²) in [5.41, 5.74) is 1.25. The molecule has 2 atom stereocenters. The van der Waals surface area contributed by atoms with Gasteiger partial charge >= 0.3 is 0 Å². The van der Waals surface area contributed by atoms with Gasteiger partial charge in [-0.2, -0.15) is 0 Å². The van der Waals surface area contributed by atoms with Gasteiger partial charge in [0.15, 0.2) is 0 Å². The third-order valence-electron chi connectivity index (χ3n) is 3.62. The third kappa shape index (κ3) is 1.40. The number of rotatable bonds is 3. The molecule has 0 saturated carbocycles. The van der Waals surface area contributed by atoms with Gasteiger partial charge in [0, 0.05) is 25.2 Å². The predicted molar refractivity (Wildman–Crippen MR) is 55.2 cm³/mol. The van der Waals surface area contributed by atoms with Crippen LogP contribution in [0.5, 0.6) is 0 Å². The Morgan fingerprint density at radius 1 is 1.71 bits per heavy atom. The van der Waals surface area contributed by atoms with Gasteiger partial charge in [0.2, 0.25) is 0 Å². The first kappa shape index (κ1) is 10.1. The van der Waals surface area contributed by atoms with Gasteiger partial charge in [-0.25, -0.2) is 0 Å². The number of ether oxygens (including phenoxy) is 1. The molecule has 2 saturated heterocycles. The number of fused-ring (bicyclic) bond motifs is 1. The fourth-order valence-corrected chi connectivity index (χ4v) is 2.96. The Balaban J connectivity index is 2.13. The van der Waals surface area contributed by atoms with E-state index in [4.69, 9.17) is 4.74 Å². The first-order valence-electron chi connectivity index (χ1n) is 5.25. The van der Waals surface area contributed by atoms with Crippen LogP contribution in [0.2, 0.25) is 0 Å². The maximum atomic E-state index is 9.51. The van der Waals surface area contributed by atoms with Crippen LogP contribution in [0.4, 0.5) is 0 Å². The molecule has 2 heterocycles. The van der Waals surface area contributed by atoms with Crippen LogP contribution in [0.1, 0.15) is 19.3 Å². The van der Waals surface area contributed by atoms with Crippen molar-refractivity contribution in [1.82, 2.24) is 4.90 Å². The van der Waals surface area contributed by atoms with Crippen LogP contribution in [0, 0.1) is 0 Å². The Hall–Kier alpha value is -0.380. The summed E-state index contributed by atoms with van der Waals surface area (Å²) in [4.78, 5) is 2.39. The highest BCUT2D eigenvalue weighted by molar-refractivity contribution is 5.19. The highest BCUT2D eigenvalue weighted by Crippen LogP contribution is 2.43. The van der Waals surface area contributed by atoms with Crippen molar-refractivity contribution in [3.8, 4) is 0 Å². The molecule has 0 aromatic heterocycles. The van der Waals surface area contributed by atoms with E-state index in [2.05, 4.69) is 11.5 Å². The van der Waals surface area contributed by atoms with Gasteiger partial charge < -0.3 is 9.84 Å². The van der Waals surface area contributed by atoms with Gasteiger partial charge in [0.25, 0.3) is 0 Å². The van der Waals surface area contributed by atoms with Crippen LogP contribution in [0.25, 0.3) is 0 Å². The average Bonchev–Trinajstić information content (AvgIpc) is 2.64. The van der Waals surface area contributed by atoms with Crippen LogP contribution in [0.15, 0.2) is 12.2 Å². The molecule has 0 bridgehead atoms. The second kappa shape index (κ2) is 3.65. The molecule has 0 aliphatic carbocycles. The fraction of sp³-hybridized carbons (Fsp3) is 0.818. The van der Waals surface area contributed by atoms with Crippen molar-refractivity contribution in [1.29, 1.82) is 0 Å². The number of methoxy groups -OCH3 is 1. The molecule has 80 valence electrons. The predicted octanol–water partition coefficient (Wildman–Crippen LogP) is 0.788. The Kier molecular flexibility index (Phi) is 2.64. The minimum Gasteiger partial charge on any atom is -0.394 e. The summed E-state index contributed by atoms with van der Waals surface area (Å²) in [6.07, 6.45) is 3.18. The van der Waals surface area contributed by atoms with Gasteiger partial charge in [-0.05, 0) is 19.3 Å². The van der Waals surface area contributed by atoms with Crippen LogP contribution in [0.3, 0.4) is 0 Å². The maximum Gasteiger partial charge on any atom is 0.0618 e. The van der Waals surface area contributed by atoms with Gasteiger partial charge in [-0.15, -0.1) is 0 Å². The normalized spacial score (nSPS) is 37.9. The van der Waals surface area contributed by atoms with Crippen molar-refractivity contribution in [2.75, 3.05) is 26.9 Å². The summed E-state index contributed by atoms with van der Waals surface area (Å²) >= 11 is 0. The minimum atomic E-state index is 0.000278. The fourth-order valence-electron chi connectivity index (χ4n) is 2.96. The van der Waals surface area contributed by atoms with E-state index in [0.29, 0.717) is 6.04 Å². The van der Waals surface area contributed by atoms with Crippen LogP contribution in [-0.2, 0) is 4.74 Å². The molecule has 2 aliphatic heterocycles. The summed E-state index contributed by atoms with van der Waals surface area (Å²) in [5, 5.41) is 9.51. The monoisotopic (exact) mass is 197 g/mol. The molecule has 2 aliphatic rings. The lowest BCUT2D eigenvalue weighted by molar-refractivity contribution is 0.0477. The average molecular weight is 197 g/mol. The zero-order valence-electron chi connectivity index (χ0n) is 8.83. The third-order valence-corrected chi connectivity index (χ3v) is 3.62. The molecule has 0 unspecified atom stereocenters. The second-order valence-corrected chi connectivity index (χ2v) is 4.58. The number of aliphatic hydroxyl groups excluding tert-OH is 1. The number of hydrogen-bond acceptors (Lipinski definition) is 3. The molecule has 0 spiro atoms. The molecule has 0 radical (unpaired) electrons. The van der Waals surface area contributed by atoms with Gasteiger partial charge in [-0.1, -0.05) is 12.2 Å². The standard InChI is InChI=1S/C11H19NO2/c1-9-5-11(8-13)4-3-10(7-14-2)12(11)6-9/h10,13H,1,3-8H2,2H3/t10-,11+/m1/s1. The largest absolute Gasteiger partial charge is 0.394 e. The van der Waals surface area contributed by atoms with Crippen molar-refractivity contribution in [2.45, 2.75) is 30.8 Å². The van der Waals surface area contributed by atoms with Crippen molar-refractivity contribution < 1.29 is 9.84 Å². The summed E-state index contributed by atoms with van der Waals surface area (Å²) < 4.78 is 5.21. The molecule has 3 nitrogen and oxygen atoms in total. The molecule has 2 rings (SSSR count). The summed E-state index contributed by atoms with van der Waals surface area (Å²) in [6, 6.07) is 0.478. The Bertz CT molecular complexity index is 241. The SMILES string of the molecule is C=C1CN2[C@@H](COC)CC[C@@]2(CO)C1. The van der Waals surface area contributed by atoms with E-state index in [1.54, 1.807) is 7.11 Å². The quantitative estimate of drug-likeness (QED) is 0.679. The highest BCUT2D eigenvalue weighted by atomic mass is 16.5. The molecule has 2 fully saturated rings. The van der Waals surface area contributed by atoms with Crippen molar-refractivity contribution in [3.63, 3.8) is 0 Å². The molecule has 0 amide bonds. The number of hydrogen-bond donors (Lipinski definition) is 1.